The fourth-order valence-corrected chi connectivity index (χ4v) is 1.90. The summed E-state index contributed by atoms with van der Waals surface area (Å²) in [5.74, 6) is -0.746. The predicted octanol–water partition coefficient (Wildman–Crippen LogP) is 1.53. The molecule has 21 heavy (non-hydrogen) atoms. The molecule has 0 heterocycles. The van der Waals surface area contributed by atoms with Crippen LogP contribution in [-0.2, 0) is 19.1 Å². The second-order valence-electron chi connectivity index (χ2n) is 4.95. The molecule has 122 valence electrons. The molecule has 6 heteroatoms. The molecular formula is C15H28N2O4. The van der Waals surface area contributed by atoms with Gasteiger partial charge >= 0.3 is 5.97 Å². The Hall–Kier alpha value is -1.59. The molecule has 0 radical (unpaired) electrons. The third kappa shape index (κ3) is 10.8. The molecule has 0 rings (SSSR count). The van der Waals surface area contributed by atoms with E-state index < -0.39 is 12.0 Å². The topological polar surface area (TPSA) is 84.5 Å². The third-order valence-electron chi connectivity index (χ3n) is 2.95. The van der Waals surface area contributed by atoms with Gasteiger partial charge in [0, 0.05) is 19.9 Å². The first kappa shape index (κ1) is 19.4. The molecule has 0 aromatic rings. The van der Waals surface area contributed by atoms with Gasteiger partial charge in [-0.25, -0.2) is 4.79 Å². The summed E-state index contributed by atoms with van der Waals surface area (Å²) >= 11 is 0. The number of unbranched alkanes of at least 4 members (excludes halogenated alkanes) is 2. The minimum Gasteiger partial charge on any atom is -0.464 e. The SMILES string of the molecule is CCCCCNC(=O)CCC[C@@H](NC(C)=O)C(=O)OCC. The average Bonchev–Trinajstić information content (AvgIpc) is 2.42. The number of carbonyl (C=O) groups is 3. The lowest BCUT2D eigenvalue weighted by atomic mass is 10.1. The molecule has 0 aliphatic carbocycles. The molecule has 6 nitrogen and oxygen atoms in total. The van der Waals surface area contributed by atoms with E-state index >= 15 is 0 Å². The van der Waals surface area contributed by atoms with Crippen molar-refractivity contribution in [2.45, 2.75) is 65.3 Å². The zero-order chi connectivity index (χ0) is 16.1. The van der Waals surface area contributed by atoms with Crippen LogP contribution in [0.2, 0.25) is 0 Å². The highest BCUT2D eigenvalue weighted by atomic mass is 16.5. The van der Waals surface area contributed by atoms with Crippen LogP contribution in [0.3, 0.4) is 0 Å². The third-order valence-corrected chi connectivity index (χ3v) is 2.95. The van der Waals surface area contributed by atoms with Crippen molar-refractivity contribution >= 4 is 17.8 Å². The Morgan fingerprint density at radius 3 is 2.38 bits per heavy atom. The Labute approximate surface area is 127 Å². The summed E-state index contributed by atoms with van der Waals surface area (Å²) in [5.41, 5.74) is 0. The normalized spacial score (nSPS) is 11.6. The lowest BCUT2D eigenvalue weighted by molar-refractivity contribution is -0.147. The number of hydrogen-bond donors (Lipinski definition) is 2. The molecule has 0 aromatic heterocycles. The van der Waals surface area contributed by atoms with Crippen LogP contribution in [0.25, 0.3) is 0 Å². The van der Waals surface area contributed by atoms with E-state index in [0.29, 0.717) is 25.8 Å². The van der Waals surface area contributed by atoms with Gasteiger partial charge in [0.2, 0.25) is 11.8 Å². The molecule has 0 spiro atoms. The first-order valence-electron chi connectivity index (χ1n) is 7.71. The van der Waals surface area contributed by atoms with Gasteiger partial charge in [0.05, 0.1) is 6.61 Å². The Kier molecular flexibility index (Phi) is 11.3. The maximum atomic E-state index is 11.7. The van der Waals surface area contributed by atoms with Crippen molar-refractivity contribution in [1.29, 1.82) is 0 Å². The summed E-state index contributed by atoms with van der Waals surface area (Å²) in [5, 5.41) is 5.40. The minimum absolute atomic E-state index is 0.0171. The van der Waals surface area contributed by atoms with Crippen molar-refractivity contribution in [2.75, 3.05) is 13.2 Å². The zero-order valence-corrected chi connectivity index (χ0v) is 13.4. The maximum Gasteiger partial charge on any atom is 0.328 e. The van der Waals surface area contributed by atoms with Crippen LogP contribution in [-0.4, -0.2) is 37.0 Å². The van der Waals surface area contributed by atoms with E-state index in [1.54, 1.807) is 6.92 Å². The van der Waals surface area contributed by atoms with Crippen LogP contribution in [0.15, 0.2) is 0 Å². The van der Waals surface area contributed by atoms with Gasteiger partial charge in [0.1, 0.15) is 6.04 Å². The van der Waals surface area contributed by atoms with Crippen LogP contribution < -0.4 is 10.6 Å². The van der Waals surface area contributed by atoms with Gasteiger partial charge in [-0.2, -0.15) is 0 Å². The fourth-order valence-electron chi connectivity index (χ4n) is 1.90. The van der Waals surface area contributed by atoms with Crippen molar-refractivity contribution in [3.05, 3.63) is 0 Å². The first-order valence-corrected chi connectivity index (χ1v) is 7.71. The van der Waals surface area contributed by atoms with E-state index in [2.05, 4.69) is 17.6 Å². The Morgan fingerprint density at radius 1 is 1.10 bits per heavy atom. The second kappa shape index (κ2) is 12.2. The molecule has 2 amide bonds. The molecule has 2 N–H and O–H groups in total. The van der Waals surface area contributed by atoms with E-state index in [0.717, 1.165) is 19.3 Å². The smallest absolute Gasteiger partial charge is 0.328 e. The highest BCUT2D eigenvalue weighted by molar-refractivity contribution is 5.83. The minimum atomic E-state index is -0.671. The van der Waals surface area contributed by atoms with Gasteiger partial charge in [-0.1, -0.05) is 19.8 Å². The standard InChI is InChI=1S/C15H28N2O4/c1-4-6-7-11-16-14(19)10-8-9-13(17-12(3)18)15(20)21-5-2/h13H,4-11H2,1-3H3,(H,16,19)(H,17,18)/t13-/m1/s1. The first-order chi connectivity index (χ1) is 10.0. The number of hydrogen-bond acceptors (Lipinski definition) is 4. The van der Waals surface area contributed by atoms with Crippen LogP contribution >= 0.6 is 0 Å². The molecular weight excluding hydrogens is 272 g/mol. The monoisotopic (exact) mass is 300 g/mol. The summed E-state index contributed by atoms with van der Waals surface area (Å²) in [4.78, 5) is 34.3. The average molecular weight is 300 g/mol. The molecule has 0 saturated carbocycles. The second-order valence-corrected chi connectivity index (χ2v) is 4.95. The van der Waals surface area contributed by atoms with Crippen LogP contribution in [0, 0.1) is 0 Å². The predicted molar refractivity (Wildman–Crippen MR) is 80.6 cm³/mol. The Bertz CT molecular complexity index is 332. The van der Waals surface area contributed by atoms with Crippen LogP contribution in [0.1, 0.15) is 59.3 Å². The van der Waals surface area contributed by atoms with E-state index in [1.165, 1.54) is 6.92 Å². The van der Waals surface area contributed by atoms with Gasteiger partial charge in [0.25, 0.3) is 0 Å². The quantitative estimate of drug-likeness (QED) is 0.448. The molecule has 0 bridgehead atoms. The molecule has 0 aliphatic rings. The highest BCUT2D eigenvalue weighted by Crippen LogP contribution is 2.04. The summed E-state index contributed by atoms with van der Waals surface area (Å²) in [7, 11) is 0. The number of esters is 1. The summed E-state index contributed by atoms with van der Waals surface area (Å²) < 4.78 is 4.90. The largest absolute Gasteiger partial charge is 0.464 e. The number of carbonyl (C=O) groups excluding carboxylic acids is 3. The van der Waals surface area contributed by atoms with E-state index in [4.69, 9.17) is 4.74 Å². The zero-order valence-electron chi connectivity index (χ0n) is 13.4. The number of ether oxygens (including phenoxy) is 1. The number of amides is 2. The van der Waals surface area contributed by atoms with Crippen molar-refractivity contribution < 1.29 is 19.1 Å². The lowest BCUT2D eigenvalue weighted by Crippen LogP contribution is -2.41. The van der Waals surface area contributed by atoms with Gasteiger partial charge in [0.15, 0.2) is 0 Å². The van der Waals surface area contributed by atoms with Crippen molar-refractivity contribution in [3.8, 4) is 0 Å². The summed E-state index contributed by atoms with van der Waals surface area (Å²) in [6, 6.07) is -0.671. The van der Waals surface area contributed by atoms with Crippen LogP contribution in [0.5, 0.6) is 0 Å². The Morgan fingerprint density at radius 2 is 1.81 bits per heavy atom. The highest BCUT2D eigenvalue weighted by Gasteiger charge is 2.20. The lowest BCUT2D eigenvalue weighted by Gasteiger charge is -2.16. The molecule has 1 atom stereocenters. The van der Waals surface area contributed by atoms with Crippen molar-refractivity contribution in [3.63, 3.8) is 0 Å². The fraction of sp³-hybridized carbons (Fsp3) is 0.800. The van der Waals surface area contributed by atoms with Gasteiger partial charge in [-0.3, -0.25) is 9.59 Å². The van der Waals surface area contributed by atoms with Gasteiger partial charge < -0.3 is 15.4 Å². The molecule has 0 aromatic carbocycles. The molecule has 0 unspecified atom stereocenters. The van der Waals surface area contributed by atoms with Crippen molar-refractivity contribution in [2.24, 2.45) is 0 Å². The number of nitrogens with one attached hydrogen (secondary N) is 2. The maximum absolute atomic E-state index is 11.7. The molecule has 0 saturated heterocycles. The van der Waals surface area contributed by atoms with Crippen LogP contribution in [0.4, 0.5) is 0 Å². The van der Waals surface area contributed by atoms with Crippen molar-refractivity contribution in [1.82, 2.24) is 10.6 Å². The number of rotatable bonds is 11. The van der Waals surface area contributed by atoms with Gasteiger partial charge in [-0.05, 0) is 26.2 Å². The summed E-state index contributed by atoms with van der Waals surface area (Å²) in [6.45, 7) is 6.14. The van der Waals surface area contributed by atoms with E-state index in [9.17, 15) is 14.4 Å². The molecule has 0 aliphatic heterocycles. The van der Waals surface area contributed by atoms with E-state index in [-0.39, 0.29) is 18.4 Å². The Balaban J connectivity index is 3.98. The van der Waals surface area contributed by atoms with E-state index in [1.807, 2.05) is 0 Å². The summed E-state index contributed by atoms with van der Waals surface area (Å²) in [6.07, 6.45) is 4.49. The molecule has 0 fully saturated rings. The van der Waals surface area contributed by atoms with Gasteiger partial charge in [-0.15, -0.1) is 0 Å².